The Labute approximate surface area is 161 Å². The van der Waals surface area contributed by atoms with E-state index in [9.17, 15) is 18.0 Å². The maximum absolute atomic E-state index is 12.5. The molecule has 0 aliphatic rings. The summed E-state index contributed by atoms with van der Waals surface area (Å²) >= 11 is 0. The Hall–Kier alpha value is -2.97. The standard InChI is InChI=1S/C20H19NO6S/c1-3-13-5-7-16-14(9-19(22)27-18(16)8-13)11-26-20(23)17-10-15(28(21,24)25)6-4-12(17)2/h4-10H,3,11H2,1-2H3,(H2,21,24,25). The highest BCUT2D eigenvalue weighted by molar-refractivity contribution is 7.89. The number of hydrogen-bond donors (Lipinski definition) is 1. The van der Waals surface area contributed by atoms with Gasteiger partial charge < -0.3 is 9.15 Å². The van der Waals surface area contributed by atoms with Crippen LogP contribution >= 0.6 is 0 Å². The normalized spacial score (nSPS) is 11.5. The SMILES string of the molecule is CCc1ccc2c(COC(=O)c3cc(S(N)(=O)=O)ccc3C)cc(=O)oc2c1. The second-order valence-electron chi connectivity index (χ2n) is 6.37. The topological polar surface area (TPSA) is 117 Å². The highest BCUT2D eigenvalue weighted by atomic mass is 32.2. The van der Waals surface area contributed by atoms with E-state index >= 15 is 0 Å². The molecule has 1 heterocycles. The van der Waals surface area contributed by atoms with Gasteiger partial charge in [-0.25, -0.2) is 23.1 Å². The number of esters is 1. The van der Waals surface area contributed by atoms with Crippen molar-refractivity contribution in [3.8, 4) is 0 Å². The molecule has 3 rings (SSSR count). The van der Waals surface area contributed by atoms with Gasteiger partial charge in [0.25, 0.3) is 0 Å². The predicted octanol–water partition coefficient (Wildman–Crippen LogP) is 2.67. The lowest BCUT2D eigenvalue weighted by atomic mass is 10.1. The molecule has 0 bridgehead atoms. The molecule has 8 heteroatoms. The fraction of sp³-hybridized carbons (Fsp3) is 0.200. The van der Waals surface area contributed by atoms with E-state index in [2.05, 4.69) is 0 Å². The quantitative estimate of drug-likeness (QED) is 0.519. The van der Waals surface area contributed by atoms with Crippen molar-refractivity contribution in [3.05, 3.63) is 75.1 Å². The summed E-state index contributed by atoms with van der Waals surface area (Å²) in [7, 11) is -3.95. The molecule has 0 saturated carbocycles. The van der Waals surface area contributed by atoms with Gasteiger partial charge in [0.15, 0.2) is 0 Å². The van der Waals surface area contributed by atoms with E-state index in [0.29, 0.717) is 22.1 Å². The van der Waals surface area contributed by atoms with Crippen LogP contribution in [0.1, 0.15) is 34.0 Å². The number of rotatable bonds is 5. The predicted molar refractivity (Wildman–Crippen MR) is 104 cm³/mol. The first kappa shape index (κ1) is 19.8. The number of carbonyl (C=O) groups excluding carboxylic acids is 1. The number of benzene rings is 2. The van der Waals surface area contributed by atoms with E-state index in [1.54, 1.807) is 13.0 Å². The van der Waals surface area contributed by atoms with Crippen LogP contribution in [0.5, 0.6) is 0 Å². The summed E-state index contributed by atoms with van der Waals surface area (Å²) < 4.78 is 33.6. The maximum Gasteiger partial charge on any atom is 0.338 e. The van der Waals surface area contributed by atoms with E-state index in [1.807, 2.05) is 19.1 Å². The lowest BCUT2D eigenvalue weighted by molar-refractivity contribution is 0.0472. The van der Waals surface area contributed by atoms with Crippen molar-refractivity contribution in [2.24, 2.45) is 5.14 Å². The Morgan fingerprint density at radius 2 is 1.89 bits per heavy atom. The molecular weight excluding hydrogens is 382 g/mol. The van der Waals surface area contributed by atoms with Gasteiger partial charge in [-0.3, -0.25) is 0 Å². The van der Waals surface area contributed by atoms with Gasteiger partial charge in [0.05, 0.1) is 10.5 Å². The Morgan fingerprint density at radius 1 is 1.14 bits per heavy atom. The third-order valence-electron chi connectivity index (χ3n) is 4.42. The molecule has 3 aromatic rings. The molecule has 0 unspecified atom stereocenters. The van der Waals surface area contributed by atoms with Gasteiger partial charge >= 0.3 is 11.6 Å². The molecule has 0 amide bonds. The zero-order valence-electron chi connectivity index (χ0n) is 15.4. The van der Waals surface area contributed by atoms with Crippen molar-refractivity contribution in [2.75, 3.05) is 0 Å². The molecule has 0 atom stereocenters. The Kier molecular flexibility index (Phi) is 5.35. The van der Waals surface area contributed by atoms with Crippen LogP contribution in [-0.4, -0.2) is 14.4 Å². The zero-order chi connectivity index (χ0) is 20.5. The Balaban J connectivity index is 1.91. The highest BCUT2D eigenvalue weighted by Gasteiger charge is 2.17. The number of primary sulfonamides is 1. The number of carbonyl (C=O) groups is 1. The van der Waals surface area contributed by atoms with Gasteiger partial charge in [-0.05, 0) is 42.7 Å². The molecular formula is C20H19NO6S. The molecule has 2 aromatic carbocycles. The van der Waals surface area contributed by atoms with Crippen molar-refractivity contribution in [2.45, 2.75) is 31.8 Å². The van der Waals surface area contributed by atoms with Crippen LogP contribution in [0, 0.1) is 6.92 Å². The first-order chi connectivity index (χ1) is 13.2. The van der Waals surface area contributed by atoms with Crippen LogP contribution in [0.15, 0.2) is 56.6 Å². The van der Waals surface area contributed by atoms with Crippen LogP contribution in [0.25, 0.3) is 11.0 Å². The van der Waals surface area contributed by atoms with Crippen molar-refractivity contribution in [1.82, 2.24) is 0 Å². The van der Waals surface area contributed by atoms with Gasteiger partial charge in [-0.15, -0.1) is 0 Å². The number of ether oxygens (including phenoxy) is 1. The van der Waals surface area contributed by atoms with Crippen molar-refractivity contribution in [3.63, 3.8) is 0 Å². The number of aryl methyl sites for hydroxylation is 2. The summed E-state index contributed by atoms with van der Waals surface area (Å²) in [5.41, 5.74) is 2.03. The highest BCUT2D eigenvalue weighted by Crippen LogP contribution is 2.21. The van der Waals surface area contributed by atoms with Crippen molar-refractivity contribution < 1.29 is 22.4 Å². The lowest BCUT2D eigenvalue weighted by Crippen LogP contribution is -2.14. The molecule has 28 heavy (non-hydrogen) atoms. The van der Waals surface area contributed by atoms with E-state index < -0.39 is 21.6 Å². The first-order valence-corrected chi connectivity index (χ1v) is 10.1. The fourth-order valence-electron chi connectivity index (χ4n) is 2.83. The average molecular weight is 401 g/mol. The Morgan fingerprint density at radius 3 is 2.57 bits per heavy atom. The summed E-state index contributed by atoms with van der Waals surface area (Å²) in [6, 6.07) is 10.8. The first-order valence-electron chi connectivity index (χ1n) is 8.55. The third-order valence-corrected chi connectivity index (χ3v) is 5.33. The summed E-state index contributed by atoms with van der Waals surface area (Å²) in [4.78, 5) is 24.1. The van der Waals surface area contributed by atoms with Crippen LogP contribution in [-0.2, 0) is 27.8 Å². The zero-order valence-corrected chi connectivity index (χ0v) is 16.2. The largest absolute Gasteiger partial charge is 0.457 e. The van der Waals surface area contributed by atoms with E-state index in [1.165, 1.54) is 24.3 Å². The average Bonchev–Trinajstić information content (AvgIpc) is 2.64. The molecule has 0 aliphatic heterocycles. The minimum absolute atomic E-state index is 0.0899. The number of hydrogen-bond acceptors (Lipinski definition) is 6. The molecule has 146 valence electrons. The second kappa shape index (κ2) is 7.57. The van der Waals surface area contributed by atoms with Crippen molar-refractivity contribution in [1.29, 1.82) is 0 Å². The maximum atomic E-state index is 12.5. The molecule has 0 saturated heterocycles. The number of nitrogens with two attached hydrogens (primary N) is 1. The van der Waals surface area contributed by atoms with Crippen molar-refractivity contribution >= 4 is 27.0 Å². The molecule has 0 radical (unpaired) electrons. The number of fused-ring (bicyclic) bond motifs is 1. The third kappa shape index (κ3) is 4.13. The molecule has 7 nitrogen and oxygen atoms in total. The second-order valence-corrected chi connectivity index (χ2v) is 7.93. The smallest absolute Gasteiger partial charge is 0.338 e. The molecule has 0 aliphatic carbocycles. The summed E-state index contributed by atoms with van der Waals surface area (Å²) in [5, 5.41) is 5.78. The van der Waals surface area contributed by atoms with Crippen LogP contribution in [0.2, 0.25) is 0 Å². The van der Waals surface area contributed by atoms with Crippen LogP contribution < -0.4 is 10.8 Å². The minimum Gasteiger partial charge on any atom is -0.457 e. The summed E-state index contributed by atoms with van der Waals surface area (Å²) in [6.07, 6.45) is 0.790. The van der Waals surface area contributed by atoms with Gasteiger partial charge in [0, 0.05) is 17.0 Å². The van der Waals surface area contributed by atoms with E-state index in [-0.39, 0.29) is 17.1 Å². The van der Waals surface area contributed by atoms with Gasteiger partial charge in [-0.1, -0.05) is 25.1 Å². The van der Waals surface area contributed by atoms with E-state index in [0.717, 1.165) is 12.0 Å². The molecule has 2 N–H and O–H groups in total. The molecule has 1 aromatic heterocycles. The fourth-order valence-corrected chi connectivity index (χ4v) is 3.37. The van der Waals surface area contributed by atoms with Gasteiger partial charge in [0.2, 0.25) is 10.0 Å². The van der Waals surface area contributed by atoms with Crippen LogP contribution in [0.3, 0.4) is 0 Å². The van der Waals surface area contributed by atoms with E-state index in [4.69, 9.17) is 14.3 Å². The Bertz CT molecular complexity index is 1230. The number of sulfonamides is 1. The molecule has 0 fully saturated rings. The van der Waals surface area contributed by atoms with Gasteiger partial charge in [0.1, 0.15) is 12.2 Å². The minimum atomic E-state index is -3.95. The lowest BCUT2D eigenvalue weighted by Gasteiger charge is -2.10. The van der Waals surface area contributed by atoms with Crippen LogP contribution in [0.4, 0.5) is 0 Å². The monoisotopic (exact) mass is 401 g/mol. The van der Waals surface area contributed by atoms with Gasteiger partial charge in [-0.2, -0.15) is 0 Å². The summed E-state index contributed by atoms with van der Waals surface area (Å²) in [6.45, 7) is 3.48. The summed E-state index contributed by atoms with van der Waals surface area (Å²) in [5.74, 6) is -0.713. The molecule has 0 spiro atoms.